The van der Waals surface area contributed by atoms with Crippen LogP contribution in [0.25, 0.3) is 0 Å². The van der Waals surface area contributed by atoms with Crippen LogP contribution >= 0.6 is 0 Å². The minimum Gasteiger partial charge on any atom is -0.374 e. The second kappa shape index (κ2) is 8.58. The summed E-state index contributed by atoms with van der Waals surface area (Å²) in [7, 11) is 0. The highest BCUT2D eigenvalue weighted by molar-refractivity contribution is 5.79. The molecule has 1 aromatic rings. The van der Waals surface area contributed by atoms with E-state index in [1.54, 1.807) is 6.20 Å². The van der Waals surface area contributed by atoms with Gasteiger partial charge >= 0.3 is 0 Å². The van der Waals surface area contributed by atoms with Crippen LogP contribution in [0.5, 0.6) is 0 Å². The highest BCUT2D eigenvalue weighted by Gasteiger charge is 2.31. The summed E-state index contributed by atoms with van der Waals surface area (Å²) in [5.41, 5.74) is 0. The maximum absolute atomic E-state index is 12.8. The van der Waals surface area contributed by atoms with Gasteiger partial charge in [-0.15, -0.1) is 5.10 Å². The monoisotopic (exact) mass is 347 g/mol. The zero-order chi connectivity index (χ0) is 17.6. The third kappa shape index (κ3) is 4.89. The molecular weight excluding hydrogens is 318 g/mol. The lowest BCUT2D eigenvalue weighted by Crippen LogP contribution is -2.54. The van der Waals surface area contributed by atoms with Gasteiger partial charge in [0.15, 0.2) is 0 Å². The first-order chi connectivity index (χ1) is 12.1. The van der Waals surface area contributed by atoms with E-state index in [9.17, 15) is 4.79 Å². The van der Waals surface area contributed by atoms with Gasteiger partial charge in [-0.05, 0) is 45.2 Å². The molecule has 3 atom stereocenters. The lowest BCUT2D eigenvalue weighted by atomic mass is 9.97. The minimum absolute atomic E-state index is 0.0553. The van der Waals surface area contributed by atoms with Gasteiger partial charge in [-0.3, -0.25) is 9.69 Å². The number of hydrogen-bond acceptors (Lipinski definition) is 6. The van der Waals surface area contributed by atoms with Gasteiger partial charge in [0.1, 0.15) is 5.82 Å². The molecule has 3 heterocycles. The Hall–Kier alpha value is -1.73. The third-order valence-corrected chi connectivity index (χ3v) is 5.15. The Kier molecular flexibility index (Phi) is 6.20. The molecule has 0 aliphatic carbocycles. The molecule has 1 aromatic heterocycles. The average Bonchev–Trinajstić information content (AvgIpc) is 2.61. The number of carbonyl (C=O) groups is 1. The molecule has 0 aromatic carbocycles. The molecule has 138 valence electrons. The van der Waals surface area contributed by atoms with E-state index in [2.05, 4.69) is 39.2 Å². The normalized spacial score (nSPS) is 27.9. The lowest BCUT2D eigenvalue weighted by molar-refractivity contribution is -0.140. The first-order valence-electron chi connectivity index (χ1n) is 9.30. The first-order valence-corrected chi connectivity index (χ1v) is 9.30. The van der Waals surface area contributed by atoms with E-state index in [4.69, 9.17) is 4.74 Å². The van der Waals surface area contributed by atoms with Gasteiger partial charge in [0.05, 0.1) is 19.3 Å². The Morgan fingerprint density at radius 2 is 2.16 bits per heavy atom. The SMILES string of the molecule is CC1CCCC(C)N1C(=O)CN1CCOC(CNc2cccnn2)C1. The molecule has 0 radical (unpaired) electrons. The number of likely N-dealkylation sites (tertiary alicyclic amines) is 1. The van der Waals surface area contributed by atoms with Crippen LogP contribution < -0.4 is 5.32 Å². The zero-order valence-electron chi connectivity index (χ0n) is 15.2. The van der Waals surface area contributed by atoms with Crippen LogP contribution in [-0.2, 0) is 9.53 Å². The number of nitrogens with one attached hydrogen (secondary N) is 1. The second-order valence-electron chi connectivity index (χ2n) is 7.15. The fourth-order valence-corrected chi connectivity index (χ4v) is 3.85. The molecule has 2 aliphatic rings. The van der Waals surface area contributed by atoms with E-state index in [0.29, 0.717) is 31.8 Å². The largest absolute Gasteiger partial charge is 0.374 e. The topological polar surface area (TPSA) is 70.6 Å². The van der Waals surface area contributed by atoms with Gasteiger partial charge in [-0.2, -0.15) is 5.10 Å². The fraction of sp³-hybridized carbons (Fsp3) is 0.722. The standard InChI is InChI=1S/C18H29N5O2/c1-14-5-3-6-15(2)23(14)18(24)13-22-9-10-25-16(12-22)11-19-17-7-4-8-20-21-17/h4,7-8,14-16H,3,5-6,9-13H2,1-2H3,(H,19,21). The highest BCUT2D eigenvalue weighted by Crippen LogP contribution is 2.23. The average molecular weight is 347 g/mol. The van der Waals surface area contributed by atoms with Crippen molar-refractivity contribution < 1.29 is 9.53 Å². The van der Waals surface area contributed by atoms with Crippen LogP contribution in [-0.4, -0.2) is 76.9 Å². The van der Waals surface area contributed by atoms with Crippen LogP contribution in [0, 0.1) is 0 Å². The fourth-order valence-electron chi connectivity index (χ4n) is 3.85. The van der Waals surface area contributed by atoms with E-state index in [1.807, 2.05) is 12.1 Å². The van der Waals surface area contributed by atoms with Gasteiger partial charge < -0.3 is 15.0 Å². The van der Waals surface area contributed by atoms with Gasteiger partial charge in [0.25, 0.3) is 0 Å². The predicted molar refractivity (Wildman–Crippen MR) is 96.3 cm³/mol. The Bertz CT molecular complexity index is 546. The molecular formula is C18H29N5O2. The highest BCUT2D eigenvalue weighted by atomic mass is 16.5. The van der Waals surface area contributed by atoms with Crippen molar-refractivity contribution in [2.24, 2.45) is 0 Å². The summed E-state index contributed by atoms with van der Waals surface area (Å²) < 4.78 is 5.82. The summed E-state index contributed by atoms with van der Waals surface area (Å²) in [6, 6.07) is 4.44. The Balaban J connectivity index is 1.48. The number of anilines is 1. The molecule has 7 heteroatoms. The molecule has 0 spiro atoms. The molecule has 25 heavy (non-hydrogen) atoms. The van der Waals surface area contributed by atoms with Crippen molar-refractivity contribution in [3.05, 3.63) is 18.3 Å². The molecule has 2 saturated heterocycles. The summed E-state index contributed by atoms with van der Waals surface area (Å²) >= 11 is 0. The number of nitrogens with zero attached hydrogens (tertiary/aromatic N) is 4. The molecule has 7 nitrogen and oxygen atoms in total. The summed E-state index contributed by atoms with van der Waals surface area (Å²) in [6.07, 6.45) is 5.16. The van der Waals surface area contributed by atoms with E-state index >= 15 is 0 Å². The number of aromatic nitrogens is 2. The second-order valence-corrected chi connectivity index (χ2v) is 7.15. The van der Waals surface area contributed by atoms with Crippen LogP contribution in [0.1, 0.15) is 33.1 Å². The minimum atomic E-state index is 0.0553. The molecule has 0 bridgehead atoms. The molecule has 2 aliphatic heterocycles. The maximum atomic E-state index is 12.8. The Morgan fingerprint density at radius 1 is 1.36 bits per heavy atom. The van der Waals surface area contributed by atoms with E-state index < -0.39 is 0 Å². The van der Waals surface area contributed by atoms with E-state index in [-0.39, 0.29) is 12.0 Å². The van der Waals surface area contributed by atoms with E-state index in [0.717, 1.165) is 31.7 Å². The lowest BCUT2D eigenvalue weighted by Gasteiger charge is -2.41. The number of piperidine rings is 1. The Morgan fingerprint density at radius 3 is 2.88 bits per heavy atom. The summed E-state index contributed by atoms with van der Waals surface area (Å²) in [5.74, 6) is 0.998. The quantitative estimate of drug-likeness (QED) is 0.868. The number of amides is 1. The van der Waals surface area contributed by atoms with E-state index in [1.165, 1.54) is 6.42 Å². The van der Waals surface area contributed by atoms with Crippen LogP contribution in [0.4, 0.5) is 5.82 Å². The van der Waals surface area contributed by atoms with Crippen molar-refractivity contribution in [2.75, 3.05) is 38.1 Å². The van der Waals surface area contributed by atoms with Crippen molar-refractivity contribution in [2.45, 2.75) is 51.3 Å². The Labute approximate surface area is 149 Å². The number of hydrogen-bond donors (Lipinski definition) is 1. The molecule has 1 N–H and O–H groups in total. The smallest absolute Gasteiger partial charge is 0.237 e. The number of carbonyl (C=O) groups excluding carboxylic acids is 1. The van der Waals surface area contributed by atoms with Gasteiger partial charge in [-0.25, -0.2) is 0 Å². The predicted octanol–water partition coefficient (Wildman–Crippen LogP) is 1.38. The van der Waals surface area contributed by atoms with Gasteiger partial charge in [0.2, 0.25) is 5.91 Å². The third-order valence-electron chi connectivity index (χ3n) is 5.15. The summed E-state index contributed by atoms with van der Waals surface area (Å²) in [6.45, 7) is 7.71. The van der Waals surface area contributed by atoms with Crippen LogP contribution in [0.3, 0.4) is 0 Å². The van der Waals surface area contributed by atoms with Crippen molar-refractivity contribution in [1.29, 1.82) is 0 Å². The van der Waals surface area contributed by atoms with Crippen molar-refractivity contribution in [3.63, 3.8) is 0 Å². The number of ether oxygens (including phenoxy) is 1. The number of rotatable bonds is 5. The first kappa shape index (κ1) is 18.1. The van der Waals surface area contributed by atoms with Crippen molar-refractivity contribution in [1.82, 2.24) is 20.0 Å². The molecule has 3 unspecified atom stereocenters. The van der Waals surface area contributed by atoms with Crippen molar-refractivity contribution >= 4 is 11.7 Å². The van der Waals surface area contributed by atoms with Gasteiger partial charge in [-0.1, -0.05) is 0 Å². The molecule has 1 amide bonds. The summed E-state index contributed by atoms with van der Waals surface area (Å²) in [5, 5.41) is 11.1. The number of morpholine rings is 1. The molecule has 2 fully saturated rings. The maximum Gasteiger partial charge on any atom is 0.237 e. The van der Waals surface area contributed by atoms with Crippen molar-refractivity contribution in [3.8, 4) is 0 Å². The van der Waals surface area contributed by atoms with Crippen LogP contribution in [0.2, 0.25) is 0 Å². The zero-order valence-corrected chi connectivity index (χ0v) is 15.2. The molecule has 3 rings (SSSR count). The van der Waals surface area contributed by atoms with Gasteiger partial charge in [0, 0.05) is 37.9 Å². The molecule has 0 saturated carbocycles. The summed E-state index contributed by atoms with van der Waals surface area (Å²) in [4.78, 5) is 17.1. The van der Waals surface area contributed by atoms with Crippen LogP contribution in [0.15, 0.2) is 18.3 Å².